The largest absolute Gasteiger partial charge is 0.399 e. The second-order valence-corrected chi connectivity index (χ2v) is 5.90. The third-order valence-corrected chi connectivity index (χ3v) is 4.10. The summed E-state index contributed by atoms with van der Waals surface area (Å²) >= 11 is 0. The maximum atomic E-state index is 5.82. The Hall–Kier alpha value is -3.41. The summed E-state index contributed by atoms with van der Waals surface area (Å²) in [6.07, 6.45) is 5.18. The normalized spacial score (nSPS) is 12.2. The first kappa shape index (κ1) is 15.1. The third kappa shape index (κ3) is 3.01. The molecule has 3 N–H and O–H groups in total. The standard InChI is InChI=1S/C19H18N6/c1-13(14-5-3-2-4-6-14)23-18-10-21-11-19(24-18)25-12-22-16-9-15(20)7-8-17(16)25/h2-13H,20H2,1H3,(H,23,24). The van der Waals surface area contributed by atoms with Crippen molar-refractivity contribution in [2.75, 3.05) is 11.1 Å². The summed E-state index contributed by atoms with van der Waals surface area (Å²) in [5.41, 5.74) is 9.48. The third-order valence-electron chi connectivity index (χ3n) is 4.10. The predicted molar refractivity (Wildman–Crippen MR) is 99.6 cm³/mol. The molecule has 25 heavy (non-hydrogen) atoms. The van der Waals surface area contributed by atoms with Gasteiger partial charge in [0.05, 0.1) is 23.4 Å². The van der Waals surface area contributed by atoms with Crippen molar-refractivity contribution in [1.29, 1.82) is 0 Å². The molecule has 1 unspecified atom stereocenters. The fraction of sp³-hybridized carbons (Fsp3) is 0.105. The van der Waals surface area contributed by atoms with E-state index in [4.69, 9.17) is 5.73 Å². The van der Waals surface area contributed by atoms with Gasteiger partial charge in [0.25, 0.3) is 0 Å². The number of benzene rings is 2. The second kappa shape index (κ2) is 6.24. The van der Waals surface area contributed by atoms with Gasteiger partial charge in [-0.3, -0.25) is 9.55 Å². The molecule has 2 heterocycles. The van der Waals surface area contributed by atoms with Crippen molar-refractivity contribution in [1.82, 2.24) is 19.5 Å². The summed E-state index contributed by atoms with van der Waals surface area (Å²) < 4.78 is 1.90. The van der Waals surface area contributed by atoms with Crippen molar-refractivity contribution in [2.24, 2.45) is 0 Å². The van der Waals surface area contributed by atoms with Gasteiger partial charge in [-0.05, 0) is 30.7 Å². The van der Waals surface area contributed by atoms with E-state index in [0.717, 1.165) is 11.0 Å². The minimum Gasteiger partial charge on any atom is -0.399 e. The number of nitrogens with zero attached hydrogens (tertiary/aromatic N) is 4. The predicted octanol–water partition coefficient (Wildman–Crippen LogP) is 3.57. The van der Waals surface area contributed by atoms with Crippen molar-refractivity contribution in [3.63, 3.8) is 0 Å². The number of fused-ring (bicyclic) bond motifs is 1. The monoisotopic (exact) mass is 330 g/mol. The Morgan fingerprint density at radius 1 is 1.08 bits per heavy atom. The summed E-state index contributed by atoms with van der Waals surface area (Å²) in [4.78, 5) is 13.4. The molecule has 0 spiro atoms. The van der Waals surface area contributed by atoms with Crippen LogP contribution >= 0.6 is 0 Å². The molecule has 0 saturated heterocycles. The lowest BCUT2D eigenvalue weighted by molar-refractivity contribution is 0.865. The average Bonchev–Trinajstić information content (AvgIpc) is 3.05. The lowest BCUT2D eigenvalue weighted by Crippen LogP contribution is -2.09. The van der Waals surface area contributed by atoms with E-state index in [-0.39, 0.29) is 6.04 Å². The fourth-order valence-electron chi connectivity index (χ4n) is 2.80. The Labute approximate surface area is 145 Å². The Kier molecular flexibility index (Phi) is 3.78. The molecule has 1 atom stereocenters. The number of rotatable bonds is 4. The van der Waals surface area contributed by atoms with Gasteiger partial charge in [0.1, 0.15) is 12.1 Å². The molecule has 124 valence electrons. The number of aromatic nitrogens is 4. The van der Waals surface area contributed by atoms with Gasteiger partial charge in [-0.25, -0.2) is 9.97 Å². The molecule has 2 aromatic heterocycles. The molecular weight excluding hydrogens is 312 g/mol. The van der Waals surface area contributed by atoms with Crippen molar-refractivity contribution in [2.45, 2.75) is 13.0 Å². The van der Waals surface area contributed by atoms with Crippen molar-refractivity contribution < 1.29 is 0 Å². The molecule has 4 rings (SSSR count). The van der Waals surface area contributed by atoms with Gasteiger partial charge in [-0.2, -0.15) is 0 Å². The zero-order chi connectivity index (χ0) is 17.2. The van der Waals surface area contributed by atoms with Crippen LogP contribution in [0.5, 0.6) is 0 Å². The smallest absolute Gasteiger partial charge is 0.159 e. The van der Waals surface area contributed by atoms with E-state index in [0.29, 0.717) is 17.3 Å². The number of anilines is 2. The zero-order valence-electron chi connectivity index (χ0n) is 13.8. The number of nitrogen functional groups attached to an aromatic ring is 1. The van der Waals surface area contributed by atoms with Crippen LogP contribution in [0.25, 0.3) is 16.9 Å². The van der Waals surface area contributed by atoms with E-state index in [2.05, 4.69) is 39.3 Å². The first-order chi connectivity index (χ1) is 12.2. The molecule has 6 nitrogen and oxygen atoms in total. The van der Waals surface area contributed by atoms with Crippen LogP contribution in [0.2, 0.25) is 0 Å². The Bertz CT molecular complexity index is 1010. The first-order valence-corrected chi connectivity index (χ1v) is 8.07. The highest BCUT2D eigenvalue weighted by atomic mass is 15.2. The molecule has 0 bridgehead atoms. The minimum absolute atomic E-state index is 0.130. The molecular formula is C19H18N6. The molecule has 0 fully saturated rings. The Morgan fingerprint density at radius 3 is 2.76 bits per heavy atom. The van der Waals surface area contributed by atoms with Crippen LogP contribution in [0.1, 0.15) is 18.5 Å². The summed E-state index contributed by atoms with van der Waals surface area (Å²) in [5.74, 6) is 1.42. The van der Waals surface area contributed by atoms with Crippen LogP contribution < -0.4 is 11.1 Å². The van der Waals surface area contributed by atoms with Gasteiger partial charge in [0, 0.05) is 11.7 Å². The Morgan fingerprint density at radius 2 is 1.92 bits per heavy atom. The summed E-state index contributed by atoms with van der Waals surface area (Å²) in [5, 5.41) is 3.39. The van der Waals surface area contributed by atoms with E-state index < -0.39 is 0 Å². The van der Waals surface area contributed by atoms with Gasteiger partial charge < -0.3 is 11.1 Å². The summed E-state index contributed by atoms with van der Waals surface area (Å²) in [6.45, 7) is 2.10. The molecule has 0 saturated carbocycles. The van der Waals surface area contributed by atoms with Crippen molar-refractivity contribution in [3.05, 3.63) is 72.8 Å². The molecule has 4 aromatic rings. The van der Waals surface area contributed by atoms with Crippen LogP contribution in [-0.4, -0.2) is 19.5 Å². The van der Waals surface area contributed by atoms with Crippen LogP contribution in [0.15, 0.2) is 67.3 Å². The zero-order valence-corrected chi connectivity index (χ0v) is 13.8. The maximum Gasteiger partial charge on any atom is 0.159 e. The molecule has 0 aliphatic heterocycles. The van der Waals surface area contributed by atoms with Gasteiger partial charge in [0.15, 0.2) is 5.82 Å². The molecule has 0 aliphatic rings. The number of nitrogens with two attached hydrogens (primary N) is 1. The van der Waals surface area contributed by atoms with E-state index in [1.807, 2.05) is 41.0 Å². The lowest BCUT2D eigenvalue weighted by atomic mass is 10.1. The highest BCUT2D eigenvalue weighted by Crippen LogP contribution is 2.21. The number of imidazole rings is 1. The quantitative estimate of drug-likeness (QED) is 0.559. The molecule has 0 aliphatic carbocycles. The lowest BCUT2D eigenvalue weighted by Gasteiger charge is -2.15. The van der Waals surface area contributed by atoms with E-state index in [9.17, 15) is 0 Å². The van der Waals surface area contributed by atoms with Crippen molar-refractivity contribution >= 4 is 22.5 Å². The van der Waals surface area contributed by atoms with Crippen LogP contribution in [-0.2, 0) is 0 Å². The number of hydrogen-bond donors (Lipinski definition) is 2. The number of nitrogens with one attached hydrogen (secondary N) is 1. The summed E-state index contributed by atoms with van der Waals surface area (Å²) in [7, 11) is 0. The SMILES string of the molecule is CC(Nc1cncc(-n2cnc3cc(N)ccc32)n1)c1ccccc1. The highest BCUT2D eigenvalue weighted by molar-refractivity contribution is 5.80. The van der Waals surface area contributed by atoms with Gasteiger partial charge in [-0.15, -0.1) is 0 Å². The van der Waals surface area contributed by atoms with E-state index in [1.54, 1.807) is 18.7 Å². The highest BCUT2D eigenvalue weighted by Gasteiger charge is 2.09. The van der Waals surface area contributed by atoms with Gasteiger partial charge >= 0.3 is 0 Å². The number of hydrogen-bond acceptors (Lipinski definition) is 5. The molecule has 2 aromatic carbocycles. The van der Waals surface area contributed by atoms with Crippen LogP contribution in [0, 0.1) is 0 Å². The van der Waals surface area contributed by atoms with E-state index >= 15 is 0 Å². The topological polar surface area (TPSA) is 81.7 Å². The summed E-state index contributed by atoms with van der Waals surface area (Å²) in [6, 6.07) is 16.0. The minimum atomic E-state index is 0.130. The molecule has 0 amide bonds. The maximum absolute atomic E-state index is 5.82. The first-order valence-electron chi connectivity index (χ1n) is 8.07. The van der Waals surface area contributed by atoms with Gasteiger partial charge in [-0.1, -0.05) is 30.3 Å². The van der Waals surface area contributed by atoms with Crippen LogP contribution in [0.3, 0.4) is 0 Å². The second-order valence-electron chi connectivity index (χ2n) is 5.90. The fourth-order valence-corrected chi connectivity index (χ4v) is 2.80. The molecule has 0 radical (unpaired) electrons. The van der Waals surface area contributed by atoms with Crippen LogP contribution in [0.4, 0.5) is 11.5 Å². The van der Waals surface area contributed by atoms with E-state index in [1.165, 1.54) is 5.56 Å². The van der Waals surface area contributed by atoms with Gasteiger partial charge in [0.2, 0.25) is 0 Å². The Balaban J connectivity index is 1.65. The van der Waals surface area contributed by atoms with Crippen molar-refractivity contribution in [3.8, 4) is 5.82 Å². The molecule has 6 heteroatoms. The average molecular weight is 330 g/mol.